The molecule has 2 aromatic rings. The zero-order valence-corrected chi connectivity index (χ0v) is 6.82. The van der Waals surface area contributed by atoms with Crippen LogP contribution in [-0.2, 0) is 4.79 Å². The van der Waals surface area contributed by atoms with Crippen molar-refractivity contribution in [2.24, 2.45) is 0 Å². The summed E-state index contributed by atoms with van der Waals surface area (Å²) in [5, 5.41) is 3.58. The summed E-state index contributed by atoms with van der Waals surface area (Å²) >= 11 is 0. The average molecular weight is 171 g/mol. The summed E-state index contributed by atoms with van der Waals surface area (Å²) in [6.07, 6.45) is 3.37. The molecule has 13 heavy (non-hydrogen) atoms. The minimum atomic E-state index is 0.642. The Balaban J connectivity index is 2.68. The van der Waals surface area contributed by atoms with Gasteiger partial charge in [0.25, 0.3) is 0 Å². The lowest BCUT2D eigenvalue weighted by molar-refractivity contribution is -0.105. The van der Waals surface area contributed by atoms with Gasteiger partial charge in [0.2, 0.25) is 6.41 Å². The van der Waals surface area contributed by atoms with E-state index in [1.165, 1.54) is 0 Å². The molecule has 0 spiro atoms. The molecular formula is C10H7N2O. The molecule has 3 nitrogen and oxygen atoms in total. The van der Waals surface area contributed by atoms with Crippen LogP contribution in [0.4, 0.5) is 5.69 Å². The van der Waals surface area contributed by atoms with Crippen LogP contribution in [0.5, 0.6) is 0 Å². The van der Waals surface area contributed by atoms with Gasteiger partial charge in [-0.25, -0.2) is 4.98 Å². The maximum Gasteiger partial charge on any atom is 0.211 e. The number of carbonyl (C=O) groups excluding carboxylic acids is 1. The van der Waals surface area contributed by atoms with Crippen molar-refractivity contribution in [1.29, 1.82) is 0 Å². The van der Waals surface area contributed by atoms with E-state index in [1.54, 1.807) is 12.1 Å². The second-order valence-electron chi connectivity index (χ2n) is 2.58. The molecule has 3 heteroatoms. The van der Waals surface area contributed by atoms with E-state index in [2.05, 4.69) is 16.5 Å². The SMILES string of the molecule is O=CNc1cccc2cc[c]nc12. The van der Waals surface area contributed by atoms with Crippen molar-refractivity contribution in [3.63, 3.8) is 0 Å². The van der Waals surface area contributed by atoms with Crippen molar-refractivity contribution in [3.8, 4) is 0 Å². The van der Waals surface area contributed by atoms with Crippen LogP contribution in [0.2, 0.25) is 0 Å². The van der Waals surface area contributed by atoms with E-state index in [-0.39, 0.29) is 0 Å². The largest absolute Gasteiger partial charge is 0.327 e. The number of para-hydroxylation sites is 1. The molecule has 1 radical (unpaired) electrons. The Morgan fingerprint density at radius 1 is 1.38 bits per heavy atom. The third-order valence-electron chi connectivity index (χ3n) is 1.80. The monoisotopic (exact) mass is 171 g/mol. The highest BCUT2D eigenvalue weighted by Crippen LogP contribution is 2.19. The van der Waals surface area contributed by atoms with Gasteiger partial charge >= 0.3 is 0 Å². The number of rotatable bonds is 2. The second kappa shape index (κ2) is 3.23. The quantitative estimate of drug-likeness (QED) is 0.697. The number of nitrogens with zero attached hydrogens (tertiary/aromatic N) is 1. The zero-order chi connectivity index (χ0) is 9.10. The van der Waals surface area contributed by atoms with Gasteiger partial charge in [0.15, 0.2) is 0 Å². The first kappa shape index (κ1) is 7.73. The molecule has 1 amide bonds. The van der Waals surface area contributed by atoms with Crippen molar-refractivity contribution in [2.45, 2.75) is 0 Å². The van der Waals surface area contributed by atoms with E-state index in [4.69, 9.17) is 0 Å². The summed E-state index contributed by atoms with van der Waals surface area (Å²) in [5.74, 6) is 0. The molecule has 0 aliphatic carbocycles. The smallest absolute Gasteiger partial charge is 0.211 e. The molecule has 0 aliphatic heterocycles. The summed E-state index contributed by atoms with van der Waals surface area (Å²) in [5.41, 5.74) is 1.47. The van der Waals surface area contributed by atoms with Gasteiger partial charge in [-0.2, -0.15) is 0 Å². The van der Waals surface area contributed by atoms with E-state index in [1.807, 2.05) is 18.2 Å². The maximum atomic E-state index is 10.3. The van der Waals surface area contributed by atoms with Crippen LogP contribution in [0.3, 0.4) is 0 Å². The predicted octanol–water partition coefficient (Wildman–Crippen LogP) is 1.60. The molecule has 1 aromatic heterocycles. The first-order valence-electron chi connectivity index (χ1n) is 3.88. The molecule has 1 heterocycles. The van der Waals surface area contributed by atoms with Crippen LogP contribution in [0.1, 0.15) is 0 Å². The number of anilines is 1. The van der Waals surface area contributed by atoms with E-state index >= 15 is 0 Å². The Morgan fingerprint density at radius 2 is 2.31 bits per heavy atom. The third kappa shape index (κ3) is 1.36. The normalized spacial score (nSPS) is 9.85. The summed E-state index contributed by atoms with van der Waals surface area (Å²) in [7, 11) is 0. The lowest BCUT2D eigenvalue weighted by Gasteiger charge is -2.01. The van der Waals surface area contributed by atoms with Gasteiger partial charge in [0, 0.05) is 5.39 Å². The molecular weight excluding hydrogens is 164 g/mol. The van der Waals surface area contributed by atoms with Crippen molar-refractivity contribution < 1.29 is 4.79 Å². The standard InChI is InChI=1S/C10H7N2O/c13-7-12-9-5-1-3-8-4-2-6-11-10(8)9/h1-5,7H,(H,12,13). The molecule has 0 bridgehead atoms. The van der Waals surface area contributed by atoms with Crippen LogP contribution in [0.15, 0.2) is 30.3 Å². The average Bonchev–Trinajstić information content (AvgIpc) is 2.19. The summed E-state index contributed by atoms with van der Waals surface area (Å²) in [4.78, 5) is 14.3. The van der Waals surface area contributed by atoms with Gasteiger partial charge < -0.3 is 5.32 Å². The van der Waals surface area contributed by atoms with E-state index in [0.29, 0.717) is 12.1 Å². The topological polar surface area (TPSA) is 42.0 Å². The highest BCUT2D eigenvalue weighted by Gasteiger charge is 1.98. The molecule has 63 valence electrons. The minimum Gasteiger partial charge on any atom is -0.327 e. The number of benzene rings is 1. The highest BCUT2D eigenvalue weighted by molar-refractivity contribution is 5.94. The van der Waals surface area contributed by atoms with E-state index in [0.717, 1.165) is 10.9 Å². The Bertz CT molecular complexity index is 434. The molecule has 0 fully saturated rings. The van der Waals surface area contributed by atoms with Gasteiger partial charge in [-0.1, -0.05) is 18.2 Å². The number of nitrogens with one attached hydrogen (secondary N) is 1. The molecule has 1 aromatic carbocycles. The summed E-state index contributed by atoms with van der Waals surface area (Å²) in [6, 6.07) is 9.25. The van der Waals surface area contributed by atoms with Gasteiger partial charge in [0.1, 0.15) is 0 Å². The Morgan fingerprint density at radius 3 is 3.15 bits per heavy atom. The van der Waals surface area contributed by atoms with Gasteiger partial charge in [-0.3, -0.25) is 4.79 Å². The maximum absolute atomic E-state index is 10.3. The second-order valence-corrected chi connectivity index (χ2v) is 2.58. The highest BCUT2D eigenvalue weighted by atomic mass is 16.1. The van der Waals surface area contributed by atoms with Crippen LogP contribution in [-0.4, -0.2) is 11.4 Å². The lowest BCUT2D eigenvalue weighted by atomic mass is 10.2. The van der Waals surface area contributed by atoms with Crippen LogP contribution in [0.25, 0.3) is 10.9 Å². The first-order valence-corrected chi connectivity index (χ1v) is 3.88. The van der Waals surface area contributed by atoms with Crippen LogP contribution < -0.4 is 5.32 Å². The lowest BCUT2D eigenvalue weighted by Crippen LogP contribution is -1.95. The van der Waals surface area contributed by atoms with Crippen molar-refractivity contribution in [2.75, 3.05) is 5.32 Å². The third-order valence-corrected chi connectivity index (χ3v) is 1.80. The number of fused-ring (bicyclic) bond motifs is 1. The van der Waals surface area contributed by atoms with E-state index < -0.39 is 0 Å². The zero-order valence-electron chi connectivity index (χ0n) is 6.82. The number of hydrogen-bond acceptors (Lipinski definition) is 2. The molecule has 0 unspecified atom stereocenters. The fraction of sp³-hybridized carbons (Fsp3) is 0. The van der Waals surface area contributed by atoms with Crippen molar-refractivity contribution in [3.05, 3.63) is 36.5 Å². The van der Waals surface area contributed by atoms with Crippen LogP contribution >= 0.6 is 0 Å². The van der Waals surface area contributed by atoms with Gasteiger partial charge in [0.05, 0.1) is 17.4 Å². The Kier molecular flexibility index (Phi) is 1.92. The molecule has 0 atom stereocenters. The fourth-order valence-electron chi connectivity index (χ4n) is 1.23. The Labute approximate surface area is 75.4 Å². The number of pyridine rings is 1. The predicted molar refractivity (Wildman–Crippen MR) is 50.3 cm³/mol. The molecule has 0 aliphatic rings. The number of aromatic nitrogens is 1. The summed E-state index contributed by atoms with van der Waals surface area (Å²) in [6.45, 7) is 0. The summed E-state index contributed by atoms with van der Waals surface area (Å²) < 4.78 is 0. The first-order chi connectivity index (χ1) is 6.42. The fourth-order valence-corrected chi connectivity index (χ4v) is 1.23. The van der Waals surface area contributed by atoms with E-state index in [9.17, 15) is 4.79 Å². The molecule has 1 N–H and O–H groups in total. The number of amides is 1. The molecule has 0 saturated heterocycles. The minimum absolute atomic E-state index is 0.642. The number of hydrogen-bond donors (Lipinski definition) is 1. The van der Waals surface area contributed by atoms with Crippen molar-refractivity contribution in [1.82, 2.24) is 4.98 Å². The molecule has 0 saturated carbocycles. The van der Waals surface area contributed by atoms with Gasteiger partial charge in [-0.15, -0.1) is 0 Å². The van der Waals surface area contributed by atoms with Crippen molar-refractivity contribution >= 4 is 23.0 Å². The van der Waals surface area contributed by atoms with Gasteiger partial charge in [-0.05, 0) is 12.1 Å². The van der Waals surface area contributed by atoms with Crippen LogP contribution in [0, 0.1) is 6.20 Å². The number of carbonyl (C=O) groups is 1. The molecule has 2 rings (SSSR count). The Hall–Kier alpha value is -1.90.